The van der Waals surface area contributed by atoms with Crippen molar-refractivity contribution in [2.24, 2.45) is 0 Å². The predicted octanol–water partition coefficient (Wildman–Crippen LogP) is 2.63. The highest BCUT2D eigenvalue weighted by molar-refractivity contribution is 8.02. The van der Waals surface area contributed by atoms with Gasteiger partial charge in [0.25, 0.3) is 0 Å². The van der Waals surface area contributed by atoms with Crippen LogP contribution in [0.1, 0.15) is 0 Å². The molecule has 2 N–H and O–H groups in total. The number of fused-ring (bicyclic) bond motifs is 3. The lowest BCUT2D eigenvalue weighted by Crippen LogP contribution is -2.16. The fraction of sp³-hybridized carbons (Fsp3) is 0.167. The largest absolute Gasteiger partial charge is 0.394 e. The van der Waals surface area contributed by atoms with Gasteiger partial charge >= 0.3 is 0 Å². The minimum absolute atomic E-state index is 0.164. The van der Waals surface area contributed by atoms with Crippen LogP contribution in [0.2, 0.25) is 0 Å². The molecule has 0 saturated carbocycles. The average Bonchev–Trinajstić information content (AvgIpc) is 2.73. The van der Waals surface area contributed by atoms with E-state index in [9.17, 15) is 0 Å². The molecule has 0 unspecified atom stereocenters. The maximum Gasteiger partial charge on any atom is 0.0806 e. The zero-order chi connectivity index (χ0) is 11.0. The van der Waals surface area contributed by atoms with Crippen molar-refractivity contribution in [3.05, 3.63) is 36.4 Å². The SMILES string of the molecule is OCCN1SNc2ccc3ccccc3c21. The molecule has 1 heterocycles. The first-order valence-corrected chi connectivity index (χ1v) is 6.00. The van der Waals surface area contributed by atoms with Crippen LogP contribution in [0.15, 0.2) is 36.4 Å². The molecule has 0 aromatic heterocycles. The maximum absolute atomic E-state index is 9.04. The third-order valence-corrected chi connectivity index (χ3v) is 3.62. The van der Waals surface area contributed by atoms with Gasteiger partial charge < -0.3 is 9.83 Å². The molecule has 1 aliphatic heterocycles. The van der Waals surface area contributed by atoms with E-state index in [1.807, 2.05) is 12.1 Å². The molecule has 0 aliphatic carbocycles. The monoisotopic (exact) mass is 232 g/mol. The highest BCUT2D eigenvalue weighted by Crippen LogP contribution is 2.43. The molecule has 2 aromatic rings. The van der Waals surface area contributed by atoms with Gasteiger partial charge in [0.05, 0.1) is 36.7 Å². The lowest BCUT2D eigenvalue weighted by molar-refractivity contribution is 0.308. The van der Waals surface area contributed by atoms with Crippen LogP contribution in [0.4, 0.5) is 11.4 Å². The van der Waals surface area contributed by atoms with Crippen LogP contribution in [-0.4, -0.2) is 18.3 Å². The van der Waals surface area contributed by atoms with Gasteiger partial charge in [0.15, 0.2) is 0 Å². The summed E-state index contributed by atoms with van der Waals surface area (Å²) in [7, 11) is 0. The Morgan fingerprint density at radius 3 is 2.94 bits per heavy atom. The normalized spacial score (nSPS) is 13.9. The Hall–Kier alpha value is -1.39. The number of hydrogen-bond acceptors (Lipinski definition) is 4. The minimum atomic E-state index is 0.164. The van der Waals surface area contributed by atoms with E-state index in [0.717, 1.165) is 5.69 Å². The number of aliphatic hydroxyl groups is 1. The van der Waals surface area contributed by atoms with Crippen LogP contribution in [0, 0.1) is 0 Å². The smallest absolute Gasteiger partial charge is 0.0806 e. The Bertz CT molecular complexity index is 527. The van der Waals surface area contributed by atoms with E-state index >= 15 is 0 Å². The topological polar surface area (TPSA) is 35.5 Å². The van der Waals surface area contributed by atoms with Crippen molar-refractivity contribution >= 4 is 34.3 Å². The Balaban J connectivity index is 2.20. The molecule has 4 heteroatoms. The summed E-state index contributed by atoms with van der Waals surface area (Å²) in [4.78, 5) is 0. The summed E-state index contributed by atoms with van der Waals surface area (Å²) < 4.78 is 5.35. The van der Waals surface area contributed by atoms with Gasteiger partial charge in [-0.1, -0.05) is 30.3 Å². The van der Waals surface area contributed by atoms with Gasteiger partial charge in [-0.15, -0.1) is 0 Å². The van der Waals surface area contributed by atoms with Crippen LogP contribution in [0.5, 0.6) is 0 Å². The molecule has 0 saturated heterocycles. The first-order chi connectivity index (χ1) is 7.90. The summed E-state index contributed by atoms with van der Waals surface area (Å²) in [6.07, 6.45) is 0. The van der Waals surface area contributed by atoms with Crippen molar-refractivity contribution in [1.29, 1.82) is 0 Å². The Morgan fingerprint density at radius 1 is 1.19 bits per heavy atom. The summed E-state index contributed by atoms with van der Waals surface area (Å²) in [6.45, 7) is 0.802. The molecule has 0 bridgehead atoms. The van der Waals surface area contributed by atoms with Crippen molar-refractivity contribution in [3.63, 3.8) is 0 Å². The van der Waals surface area contributed by atoms with Crippen molar-refractivity contribution in [2.45, 2.75) is 0 Å². The molecular weight excluding hydrogens is 220 g/mol. The number of benzene rings is 2. The lowest BCUT2D eigenvalue weighted by atomic mass is 10.1. The van der Waals surface area contributed by atoms with E-state index in [0.29, 0.717) is 6.54 Å². The van der Waals surface area contributed by atoms with E-state index in [1.54, 1.807) is 0 Å². The number of anilines is 2. The number of nitrogens with one attached hydrogen (secondary N) is 1. The number of hydrogen-bond donors (Lipinski definition) is 2. The molecule has 1 aliphatic rings. The van der Waals surface area contributed by atoms with Crippen LogP contribution >= 0.6 is 12.1 Å². The third-order valence-electron chi connectivity index (χ3n) is 2.72. The maximum atomic E-state index is 9.04. The zero-order valence-electron chi connectivity index (χ0n) is 8.68. The number of β-amino-alcohol motifs (C(OH)–C–C–N with tert-alkyl or cyclic N) is 1. The molecule has 2 aromatic carbocycles. The summed E-state index contributed by atoms with van der Waals surface area (Å²) in [5.41, 5.74) is 2.30. The molecule has 0 spiro atoms. The second-order valence-electron chi connectivity index (χ2n) is 3.70. The molecule has 16 heavy (non-hydrogen) atoms. The van der Waals surface area contributed by atoms with Gasteiger partial charge in [0.2, 0.25) is 0 Å². The van der Waals surface area contributed by atoms with Crippen molar-refractivity contribution in [3.8, 4) is 0 Å². The average molecular weight is 232 g/mol. The molecule has 0 fully saturated rings. The standard InChI is InChI=1S/C12H12N2OS/c15-8-7-14-12-10-4-2-1-3-9(10)5-6-11(12)13-16-14/h1-6,13,15H,7-8H2. The van der Waals surface area contributed by atoms with Gasteiger partial charge in [-0.2, -0.15) is 0 Å². The van der Waals surface area contributed by atoms with Crippen LogP contribution in [0.3, 0.4) is 0 Å². The van der Waals surface area contributed by atoms with Gasteiger partial charge in [-0.3, -0.25) is 4.31 Å². The number of aliphatic hydroxyl groups excluding tert-OH is 1. The molecule has 3 rings (SSSR count). The second-order valence-corrected chi connectivity index (χ2v) is 4.53. The van der Waals surface area contributed by atoms with E-state index in [-0.39, 0.29) is 6.61 Å². The minimum Gasteiger partial charge on any atom is -0.394 e. The third kappa shape index (κ3) is 1.42. The van der Waals surface area contributed by atoms with Crippen LogP contribution < -0.4 is 9.03 Å². The van der Waals surface area contributed by atoms with Gasteiger partial charge in [0.1, 0.15) is 0 Å². The van der Waals surface area contributed by atoms with Gasteiger partial charge in [0, 0.05) is 5.39 Å². The van der Waals surface area contributed by atoms with E-state index < -0.39 is 0 Å². The second kappa shape index (κ2) is 3.88. The predicted molar refractivity (Wildman–Crippen MR) is 69.6 cm³/mol. The van der Waals surface area contributed by atoms with Crippen LogP contribution in [0.25, 0.3) is 10.8 Å². The molecule has 0 radical (unpaired) electrons. The Labute approximate surface area is 98.3 Å². The summed E-state index contributed by atoms with van der Waals surface area (Å²) in [5, 5.41) is 11.5. The van der Waals surface area contributed by atoms with Crippen molar-refractivity contribution in [2.75, 3.05) is 22.2 Å². The Kier molecular flexibility index (Phi) is 2.38. The fourth-order valence-corrected chi connectivity index (χ4v) is 2.84. The van der Waals surface area contributed by atoms with Crippen molar-refractivity contribution in [1.82, 2.24) is 0 Å². The fourth-order valence-electron chi connectivity index (χ4n) is 2.00. The van der Waals surface area contributed by atoms with Crippen molar-refractivity contribution < 1.29 is 5.11 Å². The first-order valence-electron chi connectivity index (χ1n) is 5.23. The molecule has 0 amide bonds. The highest BCUT2D eigenvalue weighted by Gasteiger charge is 2.21. The zero-order valence-corrected chi connectivity index (χ0v) is 9.50. The quantitative estimate of drug-likeness (QED) is 0.780. The van der Waals surface area contributed by atoms with E-state index in [1.165, 1.54) is 28.6 Å². The molecule has 3 nitrogen and oxygen atoms in total. The molecule has 0 atom stereocenters. The van der Waals surface area contributed by atoms with Gasteiger partial charge in [-0.25, -0.2) is 0 Å². The first kappa shape index (κ1) is 9.81. The van der Waals surface area contributed by atoms with E-state index in [4.69, 9.17) is 5.11 Å². The summed E-state index contributed by atoms with van der Waals surface area (Å²) >= 11 is 1.53. The molecular formula is C12H12N2OS. The Morgan fingerprint density at radius 2 is 2.06 bits per heavy atom. The molecule has 82 valence electrons. The van der Waals surface area contributed by atoms with Crippen LogP contribution in [-0.2, 0) is 0 Å². The summed E-state index contributed by atoms with van der Waals surface area (Å²) in [5.74, 6) is 0. The lowest BCUT2D eigenvalue weighted by Gasteiger charge is -2.15. The number of rotatable bonds is 2. The van der Waals surface area contributed by atoms with E-state index in [2.05, 4.69) is 33.3 Å². The highest BCUT2D eigenvalue weighted by atomic mass is 32.2. The summed E-state index contributed by atoms with van der Waals surface area (Å²) in [6, 6.07) is 12.5. The number of nitrogens with zero attached hydrogens (tertiary/aromatic N) is 1. The van der Waals surface area contributed by atoms with Gasteiger partial charge in [-0.05, 0) is 11.5 Å².